The molecule has 0 amide bonds. The Morgan fingerprint density at radius 1 is 0.583 bits per heavy atom. The number of halogens is 1. The van der Waals surface area contributed by atoms with Crippen LogP contribution in [-0.4, -0.2) is 0 Å². The van der Waals surface area contributed by atoms with Crippen molar-refractivity contribution in [2.45, 2.75) is 5.41 Å². The van der Waals surface area contributed by atoms with Crippen LogP contribution in [-0.2, 0) is 5.41 Å². The van der Waals surface area contributed by atoms with Crippen LogP contribution >= 0.6 is 15.9 Å². The van der Waals surface area contributed by atoms with Crippen LogP contribution in [0, 0.1) is 0 Å². The number of fused-ring (bicyclic) bond motifs is 7. The van der Waals surface area contributed by atoms with Crippen molar-refractivity contribution in [3.63, 3.8) is 0 Å². The molecule has 0 aliphatic heterocycles. The van der Waals surface area contributed by atoms with Crippen LogP contribution in [0.2, 0.25) is 0 Å². The Labute approximate surface area is 148 Å². The quantitative estimate of drug-likeness (QED) is 0.296. The van der Waals surface area contributed by atoms with Gasteiger partial charge in [-0.15, -0.1) is 0 Å². The normalized spacial score (nSPS) is 15.2. The van der Waals surface area contributed by atoms with Crippen molar-refractivity contribution in [2.75, 3.05) is 0 Å². The van der Waals surface area contributed by atoms with E-state index in [1.165, 1.54) is 44.2 Å². The topological polar surface area (TPSA) is 0 Å². The average Bonchev–Trinajstić information content (AvgIpc) is 2.93. The van der Waals surface area contributed by atoms with Gasteiger partial charge in [0.05, 0.1) is 5.41 Å². The van der Waals surface area contributed by atoms with Gasteiger partial charge in [0.2, 0.25) is 0 Å². The van der Waals surface area contributed by atoms with Gasteiger partial charge in [-0.3, -0.25) is 0 Å². The molecule has 0 fully saturated rings. The third-order valence-electron chi connectivity index (χ3n) is 5.70. The number of hydrogen-bond donors (Lipinski definition) is 0. The predicted octanol–water partition coefficient (Wildman–Crippen LogP) is 6.28. The molecule has 2 aliphatic carbocycles. The van der Waals surface area contributed by atoms with E-state index in [9.17, 15) is 0 Å². The van der Waals surface area contributed by atoms with Crippen molar-refractivity contribution in [3.05, 3.63) is 106 Å². The lowest BCUT2D eigenvalue weighted by Gasteiger charge is -2.43. The lowest BCUT2D eigenvalue weighted by atomic mass is 9.58. The maximum absolute atomic E-state index is 3.72. The summed E-state index contributed by atoms with van der Waals surface area (Å²) in [4.78, 5) is 0. The summed E-state index contributed by atoms with van der Waals surface area (Å²) in [6.45, 7) is 0. The first-order chi connectivity index (χ1) is 11.8. The predicted molar refractivity (Wildman–Crippen MR) is 103 cm³/mol. The fraction of sp³-hybridized carbons (Fsp3) is 0.0435. The molecule has 0 saturated carbocycles. The molecule has 112 valence electrons. The largest absolute Gasteiger partial charge is 0.0726 e. The van der Waals surface area contributed by atoms with E-state index in [1.54, 1.807) is 0 Å². The Kier molecular flexibility index (Phi) is 2.25. The fourth-order valence-corrected chi connectivity index (χ4v) is 5.37. The average molecular weight is 369 g/mol. The Hall–Kier alpha value is -2.38. The Balaban J connectivity index is 1.85. The highest BCUT2D eigenvalue weighted by Crippen LogP contribution is 2.63. The summed E-state index contributed by atoms with van der Waals surface area (Å²) in [6.07, 6.45) is 0. The molecule has 4 aromatic rings. The summed E-state index contributed by atoms with van der Waals surface area (Å²) in [7, 11) is 0. The SMILES string of the molecule is Brc1cc2c3c(cccc3c1)C21c2ccccc2-c2ccccc21. The summed E-state index contributed by atoms with van der Waals surface area (Å²) in [5.74, 6) is 0. The van der Waals surface area contributed by atoms with Gasteiger partial charge in [0.15, 0.2) is 0 Å². The first kappa shape index (κ1) is 13.0. The van der Waals surface area contributed by atoms with Crippen LogP contribution < -0.4 is 0 Å². The van der Waals surface area contributed by atoms with E-state index < -0.39 is 0 Å². The van der Waals surface area contributed by atoms with Crippen molar-refractivity contribution in [3.8, 4) is 11.1 Å². The van der Waals surface area contributed by atoms with Crippen LogP contribution in [0.4, 0.5) is 0 Å². The maximum Gasteiger partial charge on any atom is 0.0726 e. The van der Waals surface area contributed by atoms with Gasteiger partial charge in [-0.2, -0.15) is 0 Å². The summed E-state index contributed by atoms with van der Waals surface area (Å²) in [5, 5.41) is 2.75. The second kappa shape index (κ2) is 4.17. The van der Waals surface area contributed by atoms with E-state index in [1.807, 2.05) is 0 Å². The molecular formula is C23H13Br. The smallest absolute Gasteiger partial charge is 0.0619 e. The van der Waals surface area contributed by atoms with Crippen LogP contribution in [0.1, 0.15) is 22.3 Å². The zero-order valence-electron chi connectivity index (χ0n) is 12.9. The molecule has 0 atom stereocenters. The number of benzene rings is 4. The molecule has 2 aliphatic rings. The van der Waals surface area contributed by atoms with Crippen molar-refractivity contribution < 1.29 is 0 Å². The van der Waals surface area contributed by atoms with Gasteiger partial charge in [-0.1, -0.05) is 82.7 Å². The lowest BCUT2D eigenvalue weighted by Crippen LogP contribution is -2.36. The summed E-state index contributed by atoms with van der Waals surface area (Å²) in [6, 6.07) is 29.0. The highest BCUT2D eigenvalue weighted by molar-refractivity contribution is 9.10. The molecule has 1 spiro atoms. The molecule has 0 aromatic heterocycles. The van der Waals surface area contributed by atoms with E-state index in [4.69, 9.17) is 0 Å². The molecule has 4 aromatic carbocycles. The molecule has 0 nitrogen and oxygen atoms in total. The van der Waals surface area contributed by atoms with Gasteiger partial charge in [0.25, 0.3) is 0 Å². The van der Waals surface area contributed by atoms with Gasteiger partial charge in [0.1, 0.15) is 0 Å². The monoisotopic (exact) mass is 368 g/mol. The molecule has 1 heteroatoms. The zero-order chi connectivity index (χ0) is 15.9. The molecule has 0 unspecified atom stereocenters. The van der Waals surface area contributed by atoms with Gasteiger partial charge >= 0.3 is 0 Å². The van der Waals surface area contributed by atoms with E-state index >= 15 is 0 Å². The fourth-order valence-electron chi connectivity index (χ4n) is 4.90. The van der Waals surface area contributed by atoms with E-state index in [0.29, 0.717) is 0 Å². The van der Waals surface area contributed by atoms with Gasteiger partial charge < -0.3 is 0 Å². The van der Waals surface area contributed by atoms with Gasteiger partial charge in [-0.05, 0) is 56.3 Å². The summed E-state index contributed by atoms with van der Waals surface area (Å²) >= 11 is 3.72. The molecular weight excluding hydrogens is 356 g/mol. The molecule has 0 heterocycles. The lowest BCUT2D eigenvalue weighted by molar-refractivity contribution is 0.744. The Morgan fingerprint density at radius 3 is 1.92 bits per heavy atom. The first-order valence-corrected chi connectivity index (χ1v) is 9.04. The molecule has 0 N–H and O–H groups in total. The maximum atomic E-state index is 3.72. The van der Waals surface area contributed by atoms with Crippen LogP contribution in [0.3, 0.4) is 0 Å². The highest BCUT2D eigenvalue weighted by Gasteiger charge is 2.52. The highest BCUT2D eigenvalue weighted by atomic mass is 79.9. The van der Waals surface area contributed by atoms with Crippen LogP contribution in [0.15, 0.2) is 83.3 Å². The van der Waals surface area contributed by atoms with Crippen molar-refractivity contribution in [1.29, 1.82) is 0 Å². The van der Waals surface area contributed by atoms with Gasteiger partial charge in [0, 0.05) is 4.47 Å². The van der Waals surface area contributed by atoms with Crippen molar-refractivity contribution in [1.82, 2.24) is 0 Å². The van der Waals surface area contributed by atoms with Gasteiger partial charge in [-0.25, -0.2) is 0 Å². The first-order valence-electron chi connectivity index (χ1n) is 8.24. The van der Waals surface area contributed by atoms with Crippen LogP contribution in [0.5, 0.6) is 0 Å². The van der Waals surface area contributed by atoms with E-state index in [2.05, 4.69) is 94.8 Å². The van der Waals surface area contributed by atoms with E-state index in [0.717, 1.165) is 4.47 Å². The minimum atomic E-state index is -0.105. The second-order valence-corrected chi connectivity index (χ2v) is 7.61. The standard InChI is InChI=1S/C23H13Br/c24-15-12-14-6-5-11-20-22(14)21(13-15)23(20)18-9-3-1-7-16(18)17-8-2-4-10-19(17)23/h1-13H. The number of rotatable bonds is 0. The molecule has 6 rings (SSSR count). The van der Waals surface area contributed by atoms with E-state index in [-0.39, 0.29) is 5.41 Å². The zero-order valence-corrected chi connectivity index (χ0v) is 14.5. The third kappa shape index (κ3) is 1.26. The Bertz CT molecular complexity index is 1120. The molecule has 0 bridgehead atoms. The molecule has 24 heavy (non-hydrogen) atoms. The molecule has 0 saturated heterocycles. The minimum Gasteiger partial charge on any atom is -0.0619 e. The number of hydrogen-bond acceptors (Lipinski definition) is 0. The molecule has 0 radical (unpaired) electrons. The third-order valence-corrected chi connectivity index (χ3v) is 6.16. The van der Waals surface area contributed by atoms with Crippen molar-refractivity contribution >= 4 is 26.7 Å². The second-order valence-electron chi connectivity index (χ2n) is 6.70. The summed E-state index contributed by atoms with van der Waals surface area (Å²) < 4.78 is 1.16. The minimum absolute atomic E-state index is 0.105. The summed E-state index contributed by atoms with van der Waals surface area (Å²) in [5.41, 5.74) is 8.35. The van der Waals surface area contributed by atoms with Crippen molar-refractivity contribution in [2.24, 2.45) is 0 Å². The Morgan fingerprint density at radius 2 is 1.21 bits per heavy atom. The van der Waals surface area contributed by atoms with Crippen LogP contribution in [0.25, 0.3) is 21.9 Å².